The molecule has 0 aromatic carbocycles. The smallest absolute Gasteiger partial charge is 0.315 e. The van der Waals surface area contributed by atoms with E-state index in [-0.39, 0.29) is 18.8 Å². The molecule has 1 aromatic rings. The molecule has 19 heavy (non-hydrogen) atoms. The van der Waals surface area contributed by atoms with Crippen molar-refractivity contribution in [1.29, 1.82) is 0 Å². The van der Waals surface area contributed by atoms with E-state index in [2.05, 4.69) is 15.7 Å². The van der Waals surface area contributed by atoms with Crippen LogP contribution >= 0.6 is 0 Å². The average molecular weight is 276 g/mol. The number of rotatable bonds is 2. The number of H-pyrrole nitrogens is 1. The molecule has 0 aliphatic carbocycles. The van der Waals surface area contributed by atoms with E-state index in [1.807, 2.05) is 5.10 Å². The van der Waals surface area contributed by atoms with Gasteiger partial charge in [0.1, 0.15) is 0 Å². The fourth-order valence-corrected chi connectivity index (χ4v) is 1.91. The minimum atomic E-state index is -4.65. The first-order chi connectivity index (χ1) is 8.85. The molecule has 1 saturated heterocycles. The SMILES string of the molecule is O=C(Nc1ccc(=O)[nH]n1)C1(C(F)(F)F)CCNC1. The van der Waals surface area contributed by atoms with Crippen LogP contribution in [0.4, 0.5) is 19.0 Å². The van der Waals surface area contributed by atoms with Gasteiger partial charge in [-0.05, 0) is 19.0 Å². The molecule has 1 aliphatic rings. The molecule has 9 heteroatoms. The Morgan fingerprint density at radius 2 is 2.16 bits per heavy atom. The van der Waals surface area contributed by atoms with Crippen molar-refractivity contribution in [2.75, 3.05) is 18.4 Å². The van der Waals surface area contributed by atoms with Gasteiger partial charge in [-0.15, -0.1) is 0 Å². The molecule has 0 bridgehead atoms. The van der Waals surface area contributed by atoms with Crippen LogP contribution in [-0.2, 0) is 4.79 Å². The fourth-order valence-electron chi connectivity index (χ4n) is 1.91. The van der Waals surface area contributed by atoms with Crippen molar-refractivity contribution in [3.05, 3.63) is 22.5 Å². The van der Waals surface area contributed by atoms with E-state index < -0.39 is 29.6 Å². The summed E-state index contributed by atoms with van der Waals surface area (Å²) in [5, 5.41) is 10.1. The predicted octanol–water partition coefficient (Wildman–Crippen LogP) is 0.250. The van der Waals surface area contributed by atoms with Crippen LogP contribution in [0, 0.1) is 5.41 Å². The first-order valence-corrected chi connectivity index (χ1v) is 5.50. The summed E-state index contributed by atoms with van der Waals surface area (Å²) in [6.45, 7) is -0.350. The zero-order chi connectivity index (χ0) is 14.1. The summed E-state index contributed by atoms with van der Waals surface area (Å²) in [5.74, 6) is -1.30. The molecule has 0 spiro atoms. The zero-order valence-corrected chi connectivity index (χ0v) is 9.67. The van der Waals surface area contributed by atoms with E-state index in [0.29, 0.717) is 0 Å². The van der Waals surface area contributed by atoms with E-state index in [1.54, 1.807) is 0 Å². The molecule has 1 unspecified atom stereocenters. The molecule has 104 valence electrons. The van der Waals surface area contributed by atoms with E-state index >= 15 is 0 Å². The highest BCUT2D eigenvalue weighted by atomic mass is 19.4. The van der Waals surface area contributed by atoms with Gasteiger partial charge >= 0.3 is 6.18 Å². The minimum Gasteiger partial charge on any atom is -0.315 e. The lowest BCUT2D eigenvalue weighted by molar-refractivity contribution is -0.213. The number of alkyl halides is 3. The molecule has 1 aliphatic heterocycles. The van der Waals surface area contributed by atoms with Crippen LogP contribution < -0.4 is 16.2 Å². The van der Waals surface area contributed by atoms with Gasteiger partial charge in [-0.2, -0.15) is 18.3 Å². The molecule has 1 fully saturated rings. The maximum absolute atomic E-state index is 13.1. The summed E-state index contributed by atoms with van der Waals surface area (Å²) in [6.07, 6.45) is -4.98. The van der Waals surface area contributed by atoms with Crippen LogP contribution in [0.25, 0.3) is 0 Å². The first-order valence-electron chi connectivity index (χ1n) is 5.50. The van der Waals surface area contributed by atoms with Gasteiger partial charge in [-0.1, -0.05) is 0 Å². The summed E-state index contributed by atoms with van der Waals surface area (Å²) >= 11 is 0. The number of anilines is 1. The Labute approximate surface area is 105 Å². The Kier molecular flexibility index (Phi) is 3.31. The number of carbonyl (C=O) groups excluding carboxylic acids is 1. The highest BCUT2D eigenvalue weighted by molar-refractivity contribution is 5.95. The van der Waals surface area contributed by atoms with E-state index in [0.717, 1.165) is 12.1 Å². The molecule has 3 N–H and O–H groups in total. The van der Waals surface area contributed by atoms with Crippen molar-refractivity contribution >= 4 is 11.7 Å². The van der Waals surface area contributed by atoms with Crippen molar-refractivity contribution in [2.24, 2.45) is 5.41 Å². The maximum Gasteiger partial charge on any atom is 0.404 e. The molecule has 0 saturated carbocycles. The standard InChI is InChI=1S/C10H11F3N4O2/c11-10(12,13)9(3-4-14-5-9)8(19)15-6-1-2-7(18)17-16-6/h1-2,14H,3-5H2,(H,17,18)(H,15,16,19). The summed E-state index contributed by atoms with van der Waals surface area (Å²) < 4.78 is 39.2. The molecule has 0 radical (unpaired) electrons. The van der Waals surface area contributed by atoms with Crippen LogP contribution in [0.3, 0.4) is 0 Å². The highest BCUT2D eigenvalue weighted by Gasteiger charge is 2.61. The molecule has 1 atom stereocenters. The average Bonchev–Trinajstić information content (AvgIpc) is 2.82. The Balaban J connectivity index is 2.22. The molecule has 2 rings (SSSR count). The number of hydrogen-bond acceptors (Lipinski definition) is 4. The molecular weight excluding hydrogens is 265 g/mol. The lowest BCUT2D eigenvalue weighted by atomic mass is 9.85. The van der Waals surface area contributed by atoms with Crippen molar-refractivity contribution in [3.63, 3.8) is 0 Å². The Morgan fingerprint density at radius 3 is 2.63 bits per heavy atom. The molecule has 2 heterocycles. The molecular formula is C10H11F3N4O2. The van der Waals surface area contributed by atoms with Gasteiger partial charge < -0.3 is 10.6 Å². The van der Waals surface area contributed by atoms with Gasteiger partial charge in [0.15, 0.2) is 11.2 Å². The van der Waals surface area contributed by atoms with Gasteiger partial charge in [-0.3, -0.25) is 9.59 Å². The molecule has 1 aromatic heterocycles. The number of nitrogens with zero attached hydrogens (tertiary/aromatic N) is 1. The van der Waals surface area contributed by atoms with Gasteiger partial charge in [-0.25, -0.2) is 5.10 Å². The second-order valence-electron chi connectivity index (χ2n) is 4.27. The largest absolute Gasteiger partial charge is 0.404 e. The third-order valence-electron chi connectivity index (χ3n) is 3.05. The van der Waals surface area contributed by atoms with Crippen molar-refractivity contribution in [1.82, 2.24) is 15.5 Å². The third-order valence-corrected chi connectivity index (χ3v) is 3.05. The topological polar surface area (TPSA) is 86.9 Å². The van der Waals surface area contributed by atoms with Crippen LogP contribution in [0.5, 0.6) is 0 Å². The lowest BCUT2D eigenvalue weighted by Gasteiger charge is -2.29. The number of nitrogens with one attached hydrogen (secondary N) is 3. The Bertz CT molecular complexity index is 514. The third kappa shape index (κ3) is 2.46. The fraction of sp³-hybridized carbons (Fsp3) is 0.500. The summed E-state index contributed by atoms with van der Waals surface area (Å²) in [5.41, 5.74) is -2.96. The van der Waals surface area contributed by atoms with Crippen LogP contribution in [-0.4, -0.2) is 35.4 Å². The number of aromatic nitrogens is 2. The highest BCUT2D eigenvalue weighted by Crippen LogP contribution is 2.43. The normalized spacial score (nSPS) is 23.3. The van der Waals surface area contributed by atoms with Gasteiger partial charge in [0.2, 0.25) is 5.91 Å². The van der Waals surface area contributed by atoms with Crippen LogP contribution in [0.2, 0.25) is 0 Å². The number of carbonyl (C=O) groups is 1. The van der Waals surface area contributed by atoms with E-state index in [1.165, 1.54) is 0 Å². The summed E-state index contributed by atoms with van der Waals surface area (Å²) in [7, 11) is 0. The zero-order valence-electron chi connectivity index (χ0n) is 9.67. The second kappa shape index (κ2) is 4.65. The predicted molar refractivity (Wildman–Crippen MR) is 59.5 cm³/mol. The summed E-state index contributed by atoms with van der Waals surface area (Å²) in [4.78, 5) is 22.6. The van der Waals surface area contributed by atoms with Crippen molar-refractivity contribution < 1.29 is 18.0 Å². The number of aromatic amines is 1. The lowest BCUT2D eigenvalue weighted by Crippen LogP contribution is -2.49. The monoisotopic (exact) mass is 276 g/mol. The quantitative estimate of drug-likeness (QED) is 0.722. The van der Waals surface area contributed by atoms with E-state index in [4.69, 9.17) is 0 Å². The number of hydrogen-bond donors (Lipinski definition) is 3. The van der Waals surface area contributed by atoms with Gasteiger partial charge in [0.25, 0.3) is 5.56 Å². The first kappa shape index (κ1) is 13.5. The van der Waals surface area contributed by atoms with Gasteiger partial charge in [0, 0.05) is 12.6 Å². The Morgan fingerprint density at radius 1 is 1.42 bits per heavy atom. The van der Waals surface area contributed by atoms with Crippen molar-refractivity contribution in [2.45, 2.75) is 12.6 Å². The van der Waals surface area contributed by atoms with Crippen molar-refractivity contribution in [3.8, 4) is 0 Å². The minimum absolute atomic E-state index is 0.117. The molecule has 1 amide bonds. The summed E-state index contributed by atoms with van der Waals surface area (Å²) in [6, 6.07) is 2.21. The molecule has 6 nitrogen and oxygen atoms in total. The number of halogens is 3. The Hall–Kier alpha value is -1.90. The van der Waals surface area contributed by atoms with E-state index in [9.17, 15) is 22.8 Å². The van der Waals surface area contributed by atoms with Gasteiger partial charge in [0.05, 0.1) is 0 Å². The van der Waals surface area contributed by atoms with Crippen LogP contribution in [0.15, 0.2) is 16.9 Å². The number of amides is 1. The second-order valence-corrected chi connectivity index (χ2v) is 4.27. The maximum atomic E-state index is 13.1. The van der Waals surface area contributed by atoms with Crippen LogP contribution in [0.1, 0.15) is 6.42 Å².